The normalized spacial score (nSPS) is 10.4. The van der Waals surface area contributed by atoms with Gasteiger partial charge < -0.3 is 11.1 Å². The zero-order valence-electron chi connectivity index (χ0n) is 11.5. The molecular weight excluding hydrogens is 243 g/mol. The molecule has 0 aliphatic carbocycles. The maximum absolute atomic E-state index is 13.0. The molecule has 0 saturated carbocycles. The Morgan fingerprint density at radius 1 is 1.21 bits per heavy atom. The zero-order valence-corrected chi connectivity index (χ0v) is 11.5. The smallest absolute Gasteiger partial charge is 0.251 e. The number of hydrogen-bond acceptors (Lipinski definition) is 2. The molecule has 3 nitrogen and oxygen atoms in total. The van der Waals surface area contributed by atoms with Crippen LogP contribution in [0.5, 0.6) is 0 Å². The number of hydrogen-bond donors (Lipinski definition) is 2. The molecule has 1 aromatic rings. The quantitative estimate of drug-likeness (QED) is 0.559. The molecule has 0 bridgehead atoms. The molecule has 0 fully saturated rings. The van der Waals surface area contributed by atoms with Crippen LogP contribution in [0.15, 0.2) is 18.2 Å². The van der Waals surface area contributed by atoms with Crippen molar-refractivity contribution in [3.63, 3.8) is 0 Å². The predicted molar refractivity (Wildman–Crippen MR) is 76.5 cm³/mol. The summed E-state index contributed by atoms with van der Waals surface area (Å²) in [6.45, 7) is 2.84. The van der Waals surface area contributed by atoms with Crippen LogP contribution in [0.25, 0.3) is 0 Å². The number of anilines is 1. The SMILES string of the molecule is CCCCCCCCNC(=O)c1ccc(F)c(N)c1. The maximum Gasteiger partial charge on any atom is 0.251 e. The fourth-order valence-electron chi connectivity index (χ4n) is 1.89. The van der Waals surface area contributed by atoms with E-state index < -0.39 is 5.82 Å². The first-order valence-corrected chi connectivity index (χ1v) is 6.98. The minimum atomic E-state index is -0.493. The minimum Gasteiger partial charge on any atom is -0.396 e. The second kappa shape index (κ2) is 8.51. The molecule has 1 aromatic carbocycles. The third-order valence-electron chi connectivity index (χ3n) is 3.07. The fraction of sp³-hybridized carbons (Fsp3) is 0.533. The summed E-state index contributed by atoms with van der Waals surface area (Å²) in [5.41, 5.74) is 5.84. The van der Waals surface area contributed by atoms with Crippen molar-refractivity contribution in [3.8, 4) is 0 Å². The fourth-order valence-corrected chi connectivity index (χ4v) is 1.89. The highest BCUT2D eigenvalue weighted by molar-refractivity contribution is 5.94. The summed E-state index contributed by atoms with van der Waals surface area (Å²) in [6, 6.07) is 4.03. The van der Waals surface area contributed by atoms with Crippen molar-refractivity contribution in [2.45, 2.75) is 45.4 Å². The average molecular weight is 266 g/mol. The third-order valence-corrected chi connectivity index (χ3v) is 3.07. The molecule has 0 aliphatic rings. The van der Waals surface area contributed by atoms with Crippen molar-refractivity contribution in [1.29, 1.82) is 0 Å². The number of nitrogens with two attached hydrogens (primary N) is 1. The van der Waals surface area contributed by atoms with E-state index in [0.29, 0.717) is 12.1 Å². The van der Waals surface area contributed by atoms with Gasteiger partial charge in [0.2, 0.25) is 0 Å². The lowest BCUT2D eigenvalue weighted by molar-refractivity contribution is 0.0953. The molecule has 0 aromatic heterocycles. The first-order chi connectivity index (χ1) is 9.15. The molecule has 0 radical (unpaired) electrons. The summed E-state index contributed by atoms with van der Waals surface area (Å²) in [6.07, 6.45) is 7.11. The van der Waals surface area contributed by atoms with Crippen molar-refractivity contribution in [2.75, 3.05) is 12.3 Å². The number of carbonyl (C=O) groups excluding carboxylic acids is 1. The molecule has 0 unspecified atom stereocenters. The second-order valence-electron chi connectivity index (χ2n) is 4.76. The summed E-state index contributed by atoms with van der Waals surface area (Å²) in [4.78, 5) is 11.8. The number of nitrogen functional groups attached to an aromatic ring is 1. The van der Waals surface area contributed by atoms with Crippen molar-refractivity contribution >= 4 is 11.6 Å². The Balaban J connectivity index is 2.22. The Kier molecular flexibility index (Phi) is 6.93. The van der Waals surface area contributed by atoms with Gasteiger partial charge in [-0.3, -0.25) is 4.79 Å². The number of benzene rings is 1. The molecule has 0 saturated heterocycles. The Morgan fingerprint density at radius 3 is 2.58 bits per heavy atom. The monoisotopic (exact) mass is 266 g/mol. The lowest BCUT2D eigenvalue weighted by Crippen LogP contribution is -2.24. The van der Waals surface area contributed by atoms with Gasteiger partial charge in [0.1, 0.15) is 5.82 Å². The van der Waals surface area contributed by atoms with Crippen LogP contribution in [0.4, 0.5) is 10.1 Å². The van der Waals surface area contributed by atoms with E-state index in [2.05, 4.69) is 12.2 Å². The lowest BCUT2D eigenvalue weighted by Gasteiger charge is -2.06. The van der Waals surface area contributed by atoms with E-state index in [1.165, 1.54) is 43.9 Å². The molecule has 106 valence electrons. The molecule has 4 heteroatoms. The second-order valence-corrected chi connectivity index (χ2v) is 4.76. The number of carbonyl (C=O) groups is 1. The van der Waals surface area contributed by atoms with Gasteiger partial charge in [0, 0.05) is 12.1 Å². The van der Waals surface area contributed by atoms with Crippen molar-refractivity contribution in [1.82, 2.24) is 5.32 Å². The van der Waals surface area contributed by atoms with E-state index in [0.717, 1.165) is 12.8 Å². The molecule has 0 aliphatic heterocycles. The van der Waals surface area contributed by atoms with Crippen LogP contribution in [-0.2, 0) is 0 Å². The van der Waals surface area contributed by atoms with Gasteiger partial charge in [0.05, 0.1) is 5.69 Å². The van der Waals surface area contributed by atoms with E-state index in [4.69, 9.17) is 5.73 Å². The molecule has 19 heavy (non-hydrogen) atoms. The average Bonchev–Trinajstić information content (AvgIpc) is 2.40. The van der Waals surface area contributed by atoms with E-state index in [9.17, 15) is 9.18 Å². The van der Waals surface area contributed by atoms with Gasteiger partial charge in [-0.1, -0.05) is 39.0 Å². The van der Waals surface area contributed by atoms with E-state index in [-0.39, 0.29) is 11.6 Å². The number of halogens is 1. The van der Waals surface area contributed by atoms with Gasteiger partial charge in [0.15, 0.2) is 0 Å². The van der Waals surface area contributed by atoms with Gasteiger partial charge >= 0.3 is 0 Å². The van der Waals surface area contributed by atoms with Crippen LogP contribution in [0, 0.1) is 5.82 Å². The van der Waals surface area contributed by atoms with Gasteiger partial charge in [-0.15, -0.1) is 0 Å². The van der Waals surface area contributed by atoms with Gasteiger partial charge in [0.25, 0.3) is 5.91 Å². The van der Waals surface area contributed by atoms with E-state index >= 15 is 0 Å². The highest BCUT2D eigenvalue weighted by Crippen LogP contribution is 2.12. The summed E-state index contributed by atoms with van der Waals surface area (Å²) in [5, 5.41) is 2.82. The highest BCUT2D eigenvalue weighted by Gasteiger charge is 2.07. The molecule has 0 spiro atoms. The Morgan fingerprint density at radius 2 is 1.89 bits per heavy atom. The molecule has 3 N–H and O–H groups in total. The third kappa shape index (κ3) is 5.73. The number of amides is 1. The van der Waals surface area contributed by atoms with Crippen LogP contribution in [0.3, 0.4) is 0 Å². The predicted octanol–water partition coefficient (Wildman–Crippen LogP) is 3.50. The van der Waals surface area contributed by atoms with Crippen molar-refractivity contribution < 1.29 is 9.18 Å². The Bertz CT molecular complexity index is 407. The number of unbranched alkanes of at least 4 members (excludes halogenated alkanes) is 5. The molecule has 0 heterocycles. The van der Waals surface area contributed by atoms with E-state index in [1.54, 1.807) is 0 Å². The first-order valence-electron chi connectivity index (χ1n) is 6.98. The Hall–Kier alpha value is -1.58. The van der Waals surface area contributed by atoms with Gasteiger partial charge in [-0.2, -0.15) is 0 Å². The number of rotatable bonds is 8. The molecule has 0 atom stereocenters. The van der Waals surface area contributed by atoms with Gasteiger partial charge in [-0.05, 0) is 24.6 Å². The molecular formula is C15H23FN2O. The summed E-state index contributed by atoms with van der Waals surface area (Å²) in [5.74, 6) is -0.687. The van der Waals surface area contributed by atoms with Crippen molar-refractivity contribution in [2.24, 2.45) is 0 Å². The maximum atomic E-state index is 13.0. The van der Waals surface area contributed by atoms with Crippen LogP contribution >= 0.6 is 0 Å². The number of nitrogens with one attached hydrogen (secondary N) is 1. The topological polar surface area (TPSA) is 55.1 Å². The summed E-state index contributed by atoms with van der Waals surface area (Å²) < 4.78 is 13.0. The molecule has 1 rings (SSSR count). The Labute approximate surface area is 114 Å². The summed E-state index contributed by atoms with van der Waals surface area (Å²) >= 11 is 0. The van der Waals surface area contributed by atoms with E-state index in [1.807, 2.05) is 0 Å². The molecule has 1 amide bonds. The van der Waals surface area contributed by atoms with Gasteiger partial charge in [-0.25, -0.2) is 4.39 Å². The summed E-state index contributed by atoms with van der Waals surface area (Å²) in [7, 11) is 0. The van der Waals surface area contributed by atoms with Crippen LogP contribution in [0.2, 0.25) is 0 Å². The van der Waals surface area contributed by atoms with Crippen LogP contribution in [0.1, 0.15) is 55.8 Å². The van der Waals surface area contributed by atoms with Crippen LogP contribution < -0.4 is 11.1 Å². The zero-order chi connectivity index (χ0) is 14.1. The highest BCUT2D eigenvalue weighted by atomic mass is 19.1. The van der Waals surface area contributed by atoms with Crippen LogP contribution in [-0.4, -0.2) is 12.5 Å². The first kappa shape index (κ1) is 15.5. The largest absolute Gasteiger partial charge is 0.396 e. The lowest BCUT2D eigenvalue weighted by atomic mass is 10.1. The minimum absolute atomic E-state index is 0.00668. The van der Waals surface area contributed by atoms with Crippen molar-refractivity contribution in [3.05, 3.63) is 29.6 Å². The standard InChI is InChI=1S/C15H23FN2O/c1-2-3-4-5-6-7-10-18-15(19)12-8-9-13(16)14(17)11-12/h8-9,11H,2-7,10,17H2,1H3,(H,18,19).